The second-order valence-corrected chi connectivity index (χ2v) is 16.4. The number of hydrogen-bond acceptors (Lipinski definition) is 0. The lowest BCUT2D eigenvalue weighted by atomic mass is 9.79. The van der Waals surface area contributed by atoms with Crippen molar-refractivity contribution in [3.63, 3.8) is 0 Å². The second-order valence-electron chi connectivity index (χ2n) is 16.4. The molecule has 0 saturated carbocycles. The molecule has 0 heteroatoms. The van der Waals surface area contributed by atoms with E-state index in [1.807, 2.05) is 0 Å². The van der Waals surface area contributed by atoms with Gasteiger partial charge >= 0.3 is 0 Å². The van der Waals surface area contributed by atoms with Crippen LogP contribution in [0.15, 0.2) is 194 Å². The summed E-state index contributed by atoms with van der Waals surface area (Å²) in [4.78, 5) is 0. The molecule has 0 nitrogen and oxygen atoms in total. The Kier molecular flexibility index (Phi) is 6.78. The van der Waals surface area contributed by atoms with Crippen molar-refractivity contribution >= 4 is 64.6 Å². The van der Waals surface area contributed by atoms with Crippen LogP contribution >= 0.6 is 0 Å². The predicted octanol–water partition coefficient (Wildman–Crippen LogP) is 15.9. The number of hydrogen-bond donors (Lipinski definition) is 0. The molecule has 0 unspecified atom stereocenters. The van der Waals surface area contributed by atoms with Gasteiger partial charge in [-0.15, -0.1) is 0 Å². The van der Waals surface area contributed by atoms with E-state index in [1.54, 1.807) is 0 Å². The highest BCUT2D eigenvalue weighted by Gasteiger charge is 2.38. The SMILES string of the molecule is CC1(C)c2ccc(-c3ccc(-c4c5ccccc5c(-c5ccc6c(ccc7ccccc76)c5)c5ccccc45)cc3)cc2-c2c1c1ccccc1c1ccccc21. The maximum Gasteiger partial charge on any atom is 0.0165 e. The third-order valence-electron chi connectivity index (χ3n) is 13.0. The van der Waals surface area contributed by atoms with Gasteiger partial charge in [-0.2, -0.15) is 0 Å². The molecule has 12 rings (SSSR count). The summed E-state index contributed by atoms with van der Waals surface area (Å²) in [6.07, 6.45) is 0. The third-order valence-corrected chi connectivity index (χ3v) is 13.0. The van der Waals surface area contributed by atoms with Gasteiger partial charge in [-0.3, -0.25) is 0 Å². The molecule has 0 atom stereocenters. The van der Waals surface area contributed by atoms with E-state index in [2.05, 4.69) is 208 Å². The van der Waals surface area contributed by atoms with Crippen molar-refractivity contribution in [3.8, 4) is 44.5 Å². The molecular formula is C57H38. The summed E-state index contributed by atoms with van der Waals surface area (Å²) in [7, 11) is 0. The monoisotopic (exact) mass is 722 g/mol. The van der Waals surface area contributed by atoms with Crippen molar-refractivity contribution in [2.75, 3.05) is 0 Å². The summed E-state index contributed by atoms with van der Waals surface area (Å²) in [5, 5.41) is 15.6. The fourth-order valence-corrected chi connectivity index (χ4v) is 10.4. The molecule has 0 bridgehead atoms. The van der Waals surface area contributed by atoms with Crippen LogP contribution in [0, 0.1) is 0 Å². The summed E-state index contributed by atoms with van der Waals surface area (Å²) in [5.74, 6) is 0. The summed E-state index contributed by atoms with van der Waals surface area (Å²) < 4.78 is 0. The van der Waals surface area contributed by atoms with Gasteiger partial charge in [-0.1, -0.05) is 196 Å². The Balaban J connectivity index is 1.00. The number of benzene rings is 11. The molecule has 0 fully saturated rings. The van der Waals surface area contributed by atoms with E-state index in [0.29, 0.717) is 0 Å². The van der Waals surface area contributed by atoms with Crippen LogP contribution in [0.25, 0.3) is 109 Å². The first kappa shape index (κ1) is 32.2. The van der Waals surface area contributed by atoms with Crippen LogP contribution in [0.5, 0.6) is 0 Å². The van der Waals surface area contributed by atoms with Crippen LogP contribution in [0.3, 0.4) is 0 Å². The topological polar surface area (TPSA) is 0 Å². The maximum atomic E-state index is 2.45. The molecule has 1 aliphatic carbocycles. The molecule has 0 heterocycles. The zero-order valence-electron chi connectivity index (χ0n) is 32.0. The van der Waals surface area contributed by atoms with Gasteiger partial charge < -0.3 is 0 Å². The lowest BCUT2D eigenvalue weighted by molar-refractivity contribution is 0.666. The Morgan fingerprint density at radius 2 is 0.719 bits per heavy atom. The molecule has 1 aliphatic rings. The Hall–Kier alpha value is -7.02. The average molecular weight is 723 g/mol. The Morgan fingerprint density at radius 3 is 1.37 bits per heavy atom. The molecule has 0 N–H and O–H groups in total. The van der Waals surface area contributed by atoms with Crippen LogP contribution < -0.4 is 0 Å². The minimum absolute atomic E-state index is 0.105. The molecule has 0 amide bonds. The van der Waals surface area contributed by atoms with Gasteiger partial charge in [-0.25, -0.2) is 0 Å². The quantitative estimate of drug-likeness (QED) is 0.126. The van der Waals surface area contributed by atoms with Crippen molar-refractivity contribution in [1.29, 1.82) is 0 Å². The van der Waals surface area contributed by atoms with E-state index < -0.39 is 0 Å². The molecular weight excluding hydrogens is 685 g/mol. The van der Waals surface area contributed by atoms with Crippen molar-refractivity contribution < 1.29 is 0 Å². The molecule has 0 aromatic heterocycles. The highest BCUT2D eigenvalue weighted by Crippen LogP contribution is 2.55. The minimum Gasteiger partial charge on any atom is -0.0616 e. The lowest BCUT2D eigenvalue weighted by Crippen LogP contribution is -2.15. The van der Waals surface area contributed by atoms with Crippen molar-refractivity contribution in [3.05, 3.63) is 205 Å². The first-order valence-corrected chi connectivity index (χ1v) is 20.1. The first-order valence-electron chi connectivity index (χ1n) is 20.1. The Bertz CT molecular complexity index is 3410. The second kappa shape index (κ2) is 12.0. The fourth-order valence-electron chi connectivity index (χ4n) is 10.4. The molecule has 0 saturated heterocycles. The first-order chi connectivity index (χ1) is 28.0. The van der Waals surface area contributed by atoms with Crippen molar-refractivity contribution in [1.82, 2.24) is 0 Å². The van der Waals surface area contributed by atoms with Crippen LogP contribution in [0.1, 0.15) is 25.0 Å². The summed E-state index contributed by atoms with van der Waals surface area (Å²) in [6, 6.07) is 72.5. The molecule has 0 radical (unpaired) electrons. The third kappa shape index (κ3) is 4.62. The average Bonchev–Trinajstić information content (AvgIpc) is 3.51. The number of fused-ring (bicyclic) bond motifs is 13. The lowest BCUT2D eigenvalue weighted by Gasteiger charge is -2.24. The van der Waals surface area contributed by atoms with Gasteiger partial charge in [0.2, 0.25) is 0 Å². The standard InChI is InChI=1S/C57H38/c1-57(2)52-32-30-38(34-51(52)55-45-17-7-5-15-43(45)44-16-6-12-22-50(44)56(55)57)35-23-26-37(27-24-35)53-46-18-8-10-20-48(46)54(49-21-11-9-19-47(49)53)40-29-31-42-39(33-40)28-25-36-13-3-4-14-41(36)42/h3-34H,1-2H3. The van der Waals surface area contributed by atoms with Crippen LogP contribution in [0.2, 0.25) is 0 Å². The summed E-state index contributed by atoms with van der Waals surface area (Å²) in [6.45, 7) is 4.80. The van der Waals surface area contributed by atoms with E-state index in [9.17, 15) is 0 Å². The minimum atomic E-state index is -0.105. The van der Waals surface area contributed by atoms with Gasteiger partial charge in [0.1, 0.15) is 0 Å². The predicted molar refractivity (Wildman–Crippen MR) is 245 cm³/mol. The van der Waals surface area contributed by atoms with Gasteiger partial charge in [-0.05, 0) is 132 Å². The highest BCUT2D eigenvalue weighted by molar-refractivity contribution is 6.22. The largest absolute Gasteiger partial charge is 0.0616 e. The molecule has 11 aromatic carbocycles. The zero-order chi connectivity index (χ0) is 37.8. The van der Waals surface area contributed by atoms with E-state index in [4.69, 9.17) is 0 Å². The van der Waals surface area contributed by atoms with Crippen molar-refractivity contribution in [2.24, 2.45) is 0 Å². The van der Waals surface area contributed by atoms with Gasteiger partial charge in [0.05, 0.1) is 0 Å². The fraction of sp³-hybridized carbons (Fsp3) is 0.0526. The van der Waals surface area contributed by atoms with E-state index in [-0.39, 0.29) is 5.41 Å². The smallest absolute Gasteiger partial charge is 0.0165 e. The molecule has 11 aromatic rings. The molecule has 0 aliphatic heterocycles. The summed E-state index contributed by atoms with van der Waals surface area (Å²) in [5.41, 5.74) is 13.0. The molecule has 0 spiro atoms. The summed E-state index contributed by atoms with van der Waals surface area (Å²) >= 11 is 0. The van der Waals surface area contributed by atoms with Crippen LogP contribution in [-0.4, -0.2) is 0 Å². The van der Waals surface area contributed by atoms with Crippen LogP contribution in [-0.2, 0) is 5.41 Å². The van der Waals surface area contributed by atoms with Gasteiger partial charge in [0, 0.05) is 5.41 Å². The zero-order valence-corrected chi connectivity index (χ0v) is 32.0. The number of rotatable bonds is 3. The van der Waals surface area contributed by atoms with Crippen molar-refractivity contribution in [2.45, 2.75) is 19.3 Å². The Morgan fingerprint density at radius 1 is 0.281 bits per heavy atom. The normalized spacial score (nSPS) is 13.2. The van der Waals surface area contributed by atoms with Gasteiger partial charge in [0.15, 0.2) is 0 Å². The van der Waals surface area contributed by atoms with Gasteiger partial charge in [0.25, 0.3) is 0 Å². The van der Waals surface area contributed by atoms with E-state index in [0.717, 1.165) is 0 Å². The molecule has 57 heavy (non-hydrogen) atoms. The highest BCUT2D eigenvalue weighted by atomic mass is 14.4. The Labute approximate surface area is 332 Å². The van der Waals surface area contributed by atoms with E-state index in [1.165, 1.54) is 120 Å². The maximum absolute atomic E-state index is 2.45. The van der Waals surface area contributed by atoms with Crippen LogP contribution in [0.4, 0.5) is 0 Å². The van der Waals surface area contributed by atoms with E-state index >= 15 is 0 Å². The molecule has 266 valence electrons.